The Kier molecular flexibility index (Phi) is 7.29. The number of aliphatic hydroxyl groups excluding tert-OH is 2. The maximum atomic E-state index is 11.0. The van der Waals surface area contributed by atoms with Crippen molar-refractivity contribution in [1.82, 2.24) is 0 Å². The van der Waals surface area contributed by atoms with Gasteiger partial charge in [-0.3, -0.25) is 0 Å². The van der Waals surface area contributed by atoms with Crippen LogP contribution in [0.3, 0.4) is 0 Å². The largest absolute Gasteiger partial charge is 0.394 e. The lowest BCUT2D eigenvalue weighted by Gasteiger charge is -2.43. The summed E-state index contributed by atoms with van der Waals surface area (Å²) in [6.45, 7) is 2.17. The number of rotatable bonds is 7. The molecule has 146 valence electrons. The van der Waals surface area contributed by atoms with Crippen molar-refractivity contribution < 1.29 is 24.4 Å². The van der Waals surface area contributed by atoms with Crippen molar-refractivity contribution in [1.29, 1.82) is 0 Å². The number of hydrogen-bond acceptors (Lipinski definition) is 6. The van der Waals surface area contributed by atoms with Crippen molar-refractivity contribution in [2.75, 3.05) is 13.7 Å². The van der Waals surface area contributed by atoms with Crippen LogP contribution in [0.1, 0.15) is 11.1 Å². The summed E-state index contributed by atoms with van der Waals surface area (Å²) in [7, 11) is 1.51. The zero-order chi connectivity index (χ0) is 19.2. The summed E-state index contributed by atoms with van der Waals surface area (Å²) < 4.78 is 17.2. The number of methoxy groups -OCH3 is 1. The van der Waals surface area contributed by atoms with Crippen LogP contribution in [0, 0.1) is 6.92 Å². The predicted octanol–water partition coefficient (Wildman–Crippen LogP) is 2.77. The third kappa shape index (κ3) is 5.10. The van der Waals surface area contributed by atoms with E-state index in [-0.39, 0.29) is 11.9 Å². The highest BCUT2D eigenvalue weighted by atomic mass is 32.2. The van der Waals surface area contributed by atoms with Crippen molar-refractivity contribution >= 4 is 11.8 Å². The minimum Gasteiger partial charge on any atom is -0.394 e. The van der Waals surface area contributed by atoms with Gasteiger partial charge in [-0.2, -0.15) is 0 Å². The summed E-state index contributed by atoms with van der Waals surface area (Å²) in [5, 5.41) is 20.4. The first-order valence-electron chi connectivity index (χ1n) is 8.98. The number of hydrogen-bond donors (Lipinski definition) is 2. The summed E-state index contributed by atoms with van der Waals surface area (Å²) in [5.74, 6) is 0. The van der Waals surface area contributed by atoms with Crippen LogP contribution in [0.2, 0.25) is 0 Å². The number of ether oxygens (including phenoxy) is 3. The molecule has 1 saturated heterocycles. The van der Waals surface area contributed by atoms with Crippen LogP contribution in [-0.2, 0) is 20.8 Å². The molecule has 1 aliphatic rings. The highest BCUT2D eigenvalue weighted by molar-refractivity contribution is 8.00. The first-order valence-corrected chi connectivity index (χ1v) is 9.86. The standard InChI is InChI=1S/C21H26O5S/c1-14-8-10-16(11-9-14)27-20-17(12-22)26-21(24-2)19(18(20)23)25-13-15-6-4-3-5-7-15/h3-11,17-23H,12-13H2,1-2H3/t17-,18-,19-,20+,21+/m1/s1. The highest BCUT2D eigenvalue weighted by Crippen LogP contribution is 2.36. The van der Waals surface area contributed by atoms with Crippen LogP contribution in [0.4, 0.5) is 0 Å². The van der Waals surface area contributed by atoms with E-state index < -0.39 is 24.6 Å². The van der Waals surface area contributed by atoms with E-state index >= 15 is 0 Å². The van der Waals surface area contributed by atoms with Gasteiger partial charge in [-0.05, 0) is 24.6 Å². The van der Waals surface area contributed by atoms with Gasteiger partial charge in [0.2, 0.25) is 0 Å². The molecule has 2 aromatic rings. The van der Waals surface area contributed by atoms with E-state index in [0.29, 0.717) is 6.61 Å². The Morgan fingerprint density at radius 3 is 2.41 bits per heavy atom. The monoisotopic (exact) mass is 390 g/mol. The summed E-state index contributed by atoms with van der Waals surface area (Å²) in [6, 6.07) is 17.8. The third-order valence-corrected chi connectivity index (χ3v) is 6.01. The van der Waals surface area contributed by atoms with E-state index in [1.807, 2.05) is 61.5 Å². The normalized spacial score (nSPS) is 28.2. The molecule has 0 unspecified atom stereocenters. The van der Waals surface area contributed by atoms with Gasteiger partial charge in [0.15, 0.2) is 6.29 Å². The average molecular weight is 391 g/mol. The zero-order valence-electron chi connectivity index (χ0n) is 15.5. The predicted molar refractivity (Wildman–Crippen MR) is 105 cm³/mol. The second-order valence-corrected chi connectivity index (χ2v) is 7.86. The number of aryl methyl sites for hydroxylation is 1. The maximum absolute atomic E-state index is 11.0. The number of aliphatic hydroxyl groups is 2. The third-order valence-electron chi connectivity index (χ3n) is 4.61. The van der Waals surface area contributed by atoms with Crippen molar-refractivity contribution in [2.24, 2.45) is 0 Å². The van der Waals surface area contributed by atoms with E-state index in [2.05, 4.69) is 0 Å². The van der Waals surface area contributed by atoms with Gasteiger partial charge in [-0.1, -0.05) is 48.0 Å². The van der Waals surface area contributed by atoms with Gasteiger partial charge in [0.1, 0.15) is 6.10 Å². The van der Waals surface area contributed by atoms with E-state index in [1.165, 1.54) is 24.4 Å². The van der Waals surface area contributed by atoms with E-state index in [9.17, 15) is 10.2 Å². The lowest BCUT2D eigenvalue weighted by Crippen LogP contribution is -2.58. The topological polar surface area (TPSA) is 68.2 Å². The van der Waals surface area contributed by atoms with Crippen LogP contribution in [0.15, 0.2) is 59.5 Å². The average Bonchev–Trinajstić information content (AvgIpc) is 2.70. The minimum absolute atomic E-state index is 0.203. The Morgan fingerprint density at radius 1 is 1.07 bits per heavy atom. The summed E-state index contributed by atoms with van der Waals surface area (Å²) in [4.78, 5) is 1.00. The molecule has 1 fully saturated rings. The molecule has 0 spiro atoms. The first-order chi connectivity index (χ1) is 13.1. The van der Waals surface area contributed by atoms with Crippen LogP contribution in [0.25, 0.3) is 0 Å². The van der Waals surface area contributed by atoms with Crippen LogP contribution < -0.4 is 0 Å². The molecule has 0 bridgehead atoms. The molecule has 0 aliphatic carbocycles. The molecule has 6 heteroatoms. The Hall–Kier alpha value is -1.41. The maximum Gasteiger partial charge on any atom is 0.186 e. The van der Waals surface area contributed by atoms with Gasteiger partial charge < -0.3 is 24.4 Å². The fourth-order valence-electron chi connectivity index (χ4n) is 3.10. The molecule has 0 amide bonds. The molecule has 5 nitrogen and oxygen atoms in total. The second kappa shape index (κ2) is 9.68. The molecular weight excluding hydrogens is 364 g/mol. The van der Waals surface area contributed by atoms with Gasteiger partial charge >= 0.3 is 0 Å². The van der Waals surface area contributed by atoms with Crippen molar-refractivity contribution in [3.8, 4) is 0 Å². The smallest absolute Gasteiger partial charge is 0.186 e. The molecule has 2 N–H and O–H groups in total. The summed E-state index contributed by atoms with van der Waals surface area (Å²) in [5.41, 5.74) is 2.17. The molecule has 1 aliphatic heterocycles. The molecule has 5 atom stereocenters. The molecule has 2 aromatic carbocycles. The van der Waals surface area contributed by atoms with Gasteiger partial charge in [0.25, 0.3) is 0 Å². The van der Waals surface area contributed by atoms with E-state index in [0.717, 1.165) is 10.5 Å². The Balaban J connectivity index is 1.74. The number of thioether (sulfide) groups is 1. The molecular formula is C21H26O5S. The van der Waals surface area contributed by atoms with Crippen LogP contribution in [-0.4, -0.2) is 53.8 Å². The Bertz CT molecular complexity index is 693. The lowest BCUT2D eigenvalue weighted by molar-refractivity contribution is -0.273. The van der Waals surface area contributed by atoms with Gasteiger partial charge in [0, 0.05) is 12.0 Å². The fourth-order valence-corrected chi connectivity index (χ4v) is 4.30. The molecule has 1 heterocycles. The SMILES string of the molecule is CO[C@H]1O[C@H](CO)[C@H](Sc2ccc(C)cc2)[C@H](O)[C@H]1OCc1ccccc1. The van der Waals surface area contributed by atoms with Crippen molar-refractivity contribution in [3.63, 3.8) is 0 Å². The Morgan fingerprint density at radius 2 is 1.78 bits per heavy atom. The molecule has 0 aromatic heterocycles. The summed E-state index contributed by atoms with van der Waals surface area (Å²) in [6.07, 6.45) is -2.79. The zero-order valence-corrected chi connectivity index (χ0v) is 16.3. The minimum atomic E-state index is -0.851. The van der Waals surface area contributed by atoms with Crippen molar-refractivity contribution in [2.45, 2.75) is 48.3 Å². The van der Waals surface area contributed by atoms with Gasteiger partial charge in [-0.25, -0.2) is 0 Å². The molecule has 0 radical (unpaired) electrons. The second-order valence-electron chi connectivity index (χ2n) is 6.61. The first kappa shape index (κ1) is 20.3. The lowest BCUT2D eigenvalue weighted by atomic mass is 10.0. The Labute approximate surface area is 164 Å². The molecule has 27 heavy (non-hydrogen) atoms. The van der Waals surface area contributed by atoms with Gasteiger partial charge in [-0.15, -0.1) is 11.8 Å². The van der Waals surface area contributed by atoms with Crippen LogP contribution >= 0.6 is 11.8 Å². The fraction of sp³-hybridized carbons (Fsp3) is 0.429. The summed E-state index contributed by atoms with van der Waals surface area (Å²) >= 11 is 1.48. The van der Waals surface area contributed by atoms with E-state index in [1.54, 1.807) is 0 Å². The van der Waals surface area contributed by atoms with Crippen molar-refractivity contribution in [3.05, 3.63) is 65.7 Å². The van der Waals surface area contributed by atoms with Crippen LogP contribution in [0.5, 0.6) is 0 Å². The van der Waals surface area contributed by atoms with E-state index in [4.69, 9.17) is 14.2 Å². The van der Waals surface area contributed by atoms with Gasteiger partial charge in [0.05, 0.1) is 30.7 Å². The number of benzene rings is 2. The molecule has 3 rings (SSSR count). The highest BCUT2D eigenvalue weighted by Gasteiger charge is 2.46. The quantitative estimate of drug-likeness (QED) is 0.758. The molecule has 0 saturated carbocycles.